The van der Waals surface area contributed by atoms with Gasteiger partial charge in [0.1, 0.15) is 0 Å². The van der Waals surface area contributed by atoms with Crippen molar-refractivity contribution in [3.05, 3.63) is 23.8 Å². The van der Waals surface area contributed by atoms with Gasteiger partial charge in [-0.05, 0) is 51.1 Å². The molecule has 0 bridgehead atoms. The van der Waals surface area contributed by atoms with Crippen molar-refractivity contribution in [1.29, 1.82) is 0 Å². The average molecular weight is 205 g/mol. The molecule has 0 amide bonds. The highest BCUT2D eigenvalue weighted by Gasteiger charge is 2.15. The first-order valence-corrected chi connectivity index (χ1v) is 6.41. The van der Waals surface area contributed by atoms with Gasteiger partial charge < -0.3 is 4.90 Å². The van der Waals surface area contributed by atoms with Crippen LogP contribution < -0.4 is 0 Å². The molecule has 0 aromatic rings. The second kappa shape index (κ2) is 5.50. The fourth-order valence-electron chi connectivity index (χ4n) is 2.45. The van der Waals surface area contributed by atoms with Crippen molar-refractivity contribution >= 4 is 0 Å². The molecule has 1 aliphatic heterocycles. The van der Waals surface area contributed by atoms with Crippen LogP contribution >= 0.6 is 0 Å². The van der Waals surface area contributed by atoms with E-state index < -0.39 is 0 Å². The van der Waals surface area contributed by atoms with Crippen molar-refractivity contribution in [3.8, 4) is 0 Å². The first kappa shape index (κ1) is 10.9. The smallest absolute Gasteiger partial charge is 0.00187 e. The molecule has 0 radical (unpaired) electrons. The van der Waals surface area contributed by atoms with E-state index in [4.69, 9.17) is 0 Å². The van der Waals surface area contributed by atoms with E-state index in [0.29, 0.717) is 0 Å². The maximum atomic E-state index is 2.64. The van der Waals surface area contributed by atoms with Gasteiger partial charge in [-0.1, -0.05) is 30.7 Å². The summed E-state index contributed by atoms with van der Waals surface area (Å²) in [5.74, 6) is 0.957. The normalized spacial score (nSPS) is 24.2. The first-order chi connectivity index (χ1) is 7.34. The Morgan fingerprint density at radius 2 is 2.13 bits per heavy atom. The van der Waals surface area contributed by atoms with Crippen molar-refractivity contribution in [1.82, 2.24) is 4.90 Å². The molecule has 15 heavy (non-hydrogen) atoms. The molecule has 1 nitrogen and oxygen atoms in total. The van der Waals surface area contributed by atoms with Crippen LogP contribution in [0.1, 0.15) is 39.0 Å². The van der Waals surface area contributed by atoms with Crippen LogP contribution in [0.4, 0.5) is 0 Å². The van der Waals surface area contributed by atoms with Gasteiger partial charge in [-0.3, -0.25) is 0 Å². The highest BCUT2D eigenvalue weighted by molar-refractivity contribution is 5.17. The van der Waals surface area contributed by atoms with Crippen molar-refractivity contribution < 1.29 is 0 Å². The summed E-state index contributed by atoms with van der Waals surface area (Å²) in [5.41, 5.74) is 1.65. The van der Waals surface area contributed by atoms with Gasteiger partial charge in [0.25, 0.3) is 0 Å². The van der Waals surface area contributed by atoms with Crippen molar-refractivity contribution in [2.24, 2.45) is 5.92 Å². The summed E-state index contributed by atoms with van der Waals surface area (Å²) in [6.07, 6.45) is 13.4. The van der Waals surface area contributed by atoms with Crippen LogP contribution in [0.5, 0.6) is 0 Å². The topological polar surface area (TPSA) is 3.24 Å². The highest BCUT2D eigenvalue weighted by atomic mass is 15.1. The molecule has 2 aliphatic rings. The zero-order valence-corrected chi connectivity index (χ0v) is 9.91. The van der Waals surface area contributed by atoms with Gasteiger partial charge in [-0.25, -0.2) is 0 Å². The van der Waals surface area contributed by atoms with E-state index in [1.54, 1.807) is 5.57 Å². The summed E-state index contributed by atoms with van der Waals surface area (Å²) >= 11 is 0. The third-order valence-electron chi connectivity index (χ3n) is 3.73. The van der Waals surface area contributed by atoms with Gasteiger partial charge >= 0.3 is 0 Å². The number of allylic oxidation sites excluding steroid dienone is 3. The lowest BCUT2D eigenvalue weighted by Gasteiger charge is -2.30. The summed E-state index contributed by atoms with van der Waals surface area (Å²) in [7, 11) is 0. The van der Waals surface area contributed by atoms with E-state index in [1.807, 2.05) is 0 Å². The Labute approximate surface area is 93.9 Å². The molecule has 0 unspecified atom stereocenters. The minimum atomic E-state index is 0.957. The van der Waals surface area contributed by atoms with Crippen LogP contribution in [0.3, 0.4) is 0 Å². The Hall–Kier alpha value is -0.560. The largest absolute Gasteiger partial charge is 0.303 e. The fourth-order valence-corrected chi connectivity index (χ4v) is 2.45. The zero-order chi connectivity index (χ0) is 10.5. The van der Waals surface area contributed by atoms with Gasteiger partial charge in [0.05, 0.1) is 0 Å². The predicted molar refractivity (Wildman–Crippen MR) is 65.9 cm³/mol. The Balaban J connectivity index is 1.69. The Morgan fingerprint density at radius 1 is 1.33 bits per heavy atom. The second-order valence-electron chi connectivity index (χ2n) is 5.07. The molecule has 0 atom stereocenters. The van der Waals surface area contributed by atoms with Crippen LogP contribution in [0.15, 0.2) is 23.8 Å². The van der Waals surface area contributed by atoms with Crippen LogP contribution in [0.2, 0.25) is 0 Å². The molecule has 1 heterocycles. The number of likely N-dealkylation sites (tertiary alicyclic amines) is 1. The second-order valence-corrected chi connectivity index (χ2v) is 5.07. The van der Waals surface area contributed by atoms with Crippen molar-refractivity contribution in [2.45, 2.75) is 39.0 Å². The molecule has 0 N–H and O–H groups in total. The van der Waals surface area contributed by atoms with E-state index in [-0.39, 0.29) is 0 Å². The molecule has 1 aliphatic carbocycles. The van der Waals surface area contributed by atoms with Crippen LogP contribution in [0.25, 0.3) is 0 Å². The molecule has 0 aromatic heterocycles. The van der Waals surface area contributed by atoms with Gasteiger partial charge in [-0.2, -0.15) is 0 Å². The first-order valence-electron chi connectivity index (χ1n) is 6.41. The van der Waals surface area contributed by atoms with Gasteiger partial charge in [0.2, 0.25) is 0 Å². The number of hydrogen-bond acceptors (Lipinski definition) is 1. The minimum Gasteiger partial charge on any atom is -0.303 e. The predicted octanol–water partition coefficient (Wildman–Crippen LogP) is 3.38. The third-order valence-corrected chi connectivity index (χ3v) is 3.73. The molecule has 1 heteroatoms. The highest BCUT2D eigenvalue weighted by Crippen LogP contribution is 2.19. The number of nitrogens with zero attached hydrogens (tertiary/aromatic N) is 1. The molecular formula is C14H23N. The monoisotopic (exact) mass is 205 g/mol. The van der Waals surface area contributed by atoms with E-state index >= 15 is 0 Å². The SMILES string of the molecule is CC1CCN(CCC2=CC=CCC2)CC1. The summed E-state index contributed by atoms with van der Waals surface area (Å²) < 4.78 is 0. The van der Waals surface area contributed by atoms with Gasteiger partial charge in [-0.15, -0.1) is 0 Å². The molecular weight excluding hydrogens is 182 g/mol. The summed E-state index contributed by atoms with van der Waals surface area (Å²) in [6, 6.07) is 0. The van der Waals surface area contributed by atoms with E-state index in [2.05, 4.69) is 30.1 Å². The molecule has 1 fully saturated rings. The van der Waals surface area contributed by atoms with Gasteiger partial charge in [0, 0.05) is 6.54 Å². The molecule has 1 saturated heterocycles. The van der Waals surface area contributed by atoms with Crippen LogP contribution in [-0.4, -0.2) is 24.5 Å². The molecule has 84 valence electrons. The number of rotatable bonds is 3. The number of hydrogen-bond donors (Lipinski definition) is 0. The lowest BCUT2D eigenvalue weighted by Crippen LogP contribution is -2.33. The standard InChI is InChI=1S/C14H23N/c1-13-7-10-15(11-8-13)12-9-14-5-3-2-4-6-14/h2-3,5,13H,4,6-12H2,1H3. The Kier molecular flexibility index (Phi) is 4.01. The lowest BCUT2D eigenvalue weighted by atomic mass is 9.98. The van der Waals surface area contributed by atoms with Crippen molar-refractivity contribution in [2.75, 3.05) is 19.6 Å². The quantitative estimate of drug-likeness (QED) is 0.682. The Bertz CT molecular complexity index is 244. The maximum absolute atomic E-state index is 2.64. The van der Waals surface area contributed by atoms with E-state index in [9.17, 15) is 0 Å². The maximum Gasteiger partial charge on any atom is 0.00187 e. The minimum absolute atomic E-state index is 0.957. The molecule has 2 rings (SSSR count). The lowest BCUT2D eigenvalue weighted by molar-refractivity contribution is 0.194. The summed E-state index contributed by atoms with van der Waals surface area (Å²) in [5, 5.41) is 0. The van der Waals surface area contributed by atoms with Crippen LogP contribution in [0, 0.1) is 5.92 Å². The molecule has 0 saturated carbocycles. The summed E-state index contributed by atoms with van der Waals surface area (Å²) in [4.78, 5) is 2.64. The van der Waals surface area contributed by atoms with E-state index in [0.717, 1.165) is 5.92 Å². The summed E-state index contributed by atoms with van der Waals surface area (Å²) in [6.45, 7) is 6.31. The zero-order valence-electron chi connectivity index (χ0n) is 9.91. The molecule has 0 spiro atoms. The van der Waals surface area contributed by atoms with Crippen LogP contribution in [-0.2, 0) is 0 Å². The Morgan fingerprint density at radius 3 is 2.80 bits per heavy atom. The van der Waals surface area contributed by atoms with Gasteiger partial charge in [0.15, 0.2) is 0 Å². The van der Waals surface area contributed by atoms with Crippen molar-refractivity contribution in [3.63, 3.8) is 0 Å². The fraction of sp³-hybridized carbons (Fsp3) is 0.714. The van der Waals surface area contributed by atoms with E-state index in [1.165, 1.54) is 51.7 Å². The average Bonchev–Trinajstić information content (AvgIpc) is 2.30. The molecule has 0 aromatic carbocycles. The third kappa shape index (κ3) is 3.49. The number of piperidine rings is 1.